The first-order valence-electron chi connectivity index (χ1n) is 9.84. The van der Waals surface area contributed by atoms with E-state index in [0.29, 0.717) is 33.9 Å². The van der Waals surface area contributed by atoms with Crippen molar-refractivity contribution in [2.45, 2.75) is 26.4 Å². The van der Waals surface area contributed by atoms with Gasteiger partial charge in [-0.25, -0.2) is 4.79 Å². The molecule has 0 radical (unpaired) electrons. The number of rotatable bonds is 9. The van der Waals surface area contributed by atoms with Crippen LogP contribution in [0.1, 0.15) is 25.0 Å². The number of thioether (sulfide) groups is 1. The van der Waals surface area contributed by atoms with E-state index in [1.807, 2.05) is 37.3 Å². The predicted molar refractivity (Wildman–Crippen MR) is 125 cm³/mol. The fourth-order valence-electron chi connectivity index (χ4n) is 2.95. The number of carboxylic acids is 1. The van der Waals surface area contributed by atoms with Crippen LogP contribution in [-0.4, -0.2) is 45.5 Å². The normalized spacial score (nSPS) is 15.9. The van der Waals surface area contributed by atoms with Gasteiger partial charge in [0.25, 0.3) is 5.91 Å². The molecule has 0 aromatic heterocycles. The summed E-state index contributed by atoms with van der Waals surface area (Å²) in [4.78, 5) is 26.1. The molecule has 1 aliphatic heterocycles. The standard InChI is InChI=1S/C23H23NO5S2/c1-3-28-19-13-17(9-10-18(19)29-15(2)22(26)27)14-20-21(25)24(23(30)31-20)12-11-16-7-5-4-6-8-16/h4-10,13-15H,3,11-12H2,1-2H3,(H,26,27)/b20-14+. The van der Waals surface area contributed by atoms with Gasteiger partial charge in [-0.1, -0.05) is 60.4 Å². The van der Waals surface area contributed by atoms with E-state index in [-0.39, 0.29) is 5.91 Å². The highest BCUT2D eigenvalue weighted by atomic mass is 32.2. The molecule has 1 amide bonds. The summed E-state index contributed by atoms with van der Waals surface area (Å²) < 4.78 is 11.6. The average Bonchev–Trinajstić information content (AvgIpc) is 3.01. The molecule has 1 heterocycles. The highest BCUT2D eigenvalue weighted by Crippen LogP contribution is 2.35. The summed E-state index contributed by atoms with van der Waals surface area (Å²) >= 11 is 6.68. The summed E-state index contributed by atoms with van der Waals surface area (Å²) in [6.07, 6.45) is 1.48. The molecule has 0 spiro atoms. The SMILES string of the molecule is CCOc1cc(/C=C2/SC(=S)N(CCc3ccccc3)C2=O)ccc1OC(C)C(=O)O. The number of ether oxygens (including phenoxy) is 2. The Hall–Kier alpha value is -2.84. The third-order valence-electron chi connectivity index (χ3n) is 4.56. The van der Waals surface area contributed by atoms with Gasteiger partial charge in [-0.3, -0.25) is 9.69 Å². The first kappa shape index (κ1) is 22.8. The minimum atomic E-state index is -1.06. The lowest BCUT2D eigenvalue weighted by atomic mass is 10.1. The summed E-state index contributed by atoms with van der Waals surface area (Å²) in [6, 6.07) is 15.1. The van der Waals surface area contributed by atoms with Gasteiger partial charge in [0.05, 0.1) is 11.5 Å². The minimum absolute atomic E-state index is 0.122. The summed E-state index contributed by atoms with van der Waals surface area (Å²) in [5.41, 5.74) is 1.88. The Kier molecular flexibility index (Phi) is 7.70. The molecule has 2 aromatic rings. The number of nitrogens with zero attached hydrogens (tertiary/aromatic N) is 1. The number of aliphatic carboxylic acids is 1. The second-order valence-electron chi connectivity index (χ2n) is 6.81. The molecule has 0 bridgehead atoms. The van der Waals surface area contributed by atoms with E-state index in [1.165, 1.54) is 18.7 Å². The number of benzene rings is 2. The van der Waals surface area contributed by atoms with Gasteiger partial charge in [0.1, 0.15) is 4.32 Å². The Balaban J connectivity index is 1.75. The molecule has 1 unspecified atom stereocenters. The molecule has 8 heteroatoms. The van der Waals surface area contributed by atoms with Crippen molar-refractivity contribution in [3.8, 4) is 11.5 Å². The van der Waals surface area contributed by atoms with Crippen LogP contribution in [0, 0.1) is 0 Å². The van der Waals surface area contributed by atoms with Crippen molar-refractivity contribution in [1.29, 1.82) is 0 Å². The molecule has 0 saturated carbocycles. The van der Waals surface area contributed by atoms with Crippen molar-refractivity contribution in [3.05, 3.63) is 64.6 Å². The van der Waals surface area contributed by atoms with Crippen LogP contribution in [0.25, 0.3) is 6.08 Å². The minimum Gasteiger partial charge on any atom is -0.490 e. The molecule has 0 aliphatic carbocycles. The van der Waals surface area contributed by atoms with Gasteiger partial charge in [-0.2, -0.15) is 0 Å². The van der Waals surface area contributed by atoms with Gasteiger partial charge in [0, 0.05) is 6.54 Å². The van der Waals surface area contributed by atoms with E-state index in [1.54, 1.807) is 29.2 Å². The van der Waals surface area contributed by atoms with Crippen LogP contribution in [0.4, 0.5) is 0 Å². The van der Waals surface area contributed by atoms with E-state index in [4.69, 9.17) is 26.8 Å². The molecule has 1 aliphatic rings. The quantitative estimate of drug-likeness (QED) is 0.442. The van der Waals surface area contributed by atoms with E-state index < -0.39 is 12.1 Å². The fourth-order valence-corrected chi connectivity index (χ4v) is 4.26. The fraction of sp³-hybridized carbons (Fsp3) is 0.261. The van der Waals surface area contributed by atoms with Crippen molar-refractivity contribution < 1.29 is 24.2 Å². The summed E-state index contributed by atoms with van der Waals surface area (Å²) in [6.45, 7) is 4.20. The molecular formula is C23H23NO5S2. The molecule has 31 heavy (non-hydrogen) atoms. The number of carbonyl (C=O) groups excluding carboxylic acids is 1. The maximum absolute atomic E-state index is 12.9. The first-order chi connectivity index (χ1) is 14.9. The molecular weight excluding hydrogens is 434 g/mol. The number of hydrogen-bond donors (Lipinski definition) is 1. The summed E-state index contributed by atoms with van der Waals surface area (Å²) in [7, 11) is 0. The maximum Gasteiger partial charge on any atom is 0.344 e. The molecule has 3 rings (SSSR count). The third kappa shape index (κ3) is 5.86. The van der Waals surface area contributed by atoms with Gasteiger partial charge < -0.3 is 14.6 Å². The Morgan fingerprint density at radius 2 is 1.97 bits per heavy atom. The molecule has 1 saturated heterocycles. The Labute approximate surface area is 190 Å². The van der Waals surface area contributed by atoms with Gasteiger partial charge in [-0.15, -0.1) is 0 Å². The lowest BCUT2D eigenvalue weighted by Crippen LogP contribution is -2.30. The van der Waals surface area contributed by atoms with Gasteiger partial charge in [0.15, 0.2) is 17.6 Å². The van der Waals surface area contributed by atoms with E-state index >= 15 is 0 Å². The van der Waals surface area contributed by atoms with Crippen LogP contribution < -0.4 is 9.47 Å². The Morgan fingerprint density at radius 3 is 2.65 bits per heavy atom. The van der Waals surface area contributed by atoms with E-state index in [0.717, 1.165) is 17.5 Å². The lowest BCUT2D eigenvalue weighted by Gasteiger charge is -2.15. The second-order valence-corrected chi connectivity index (χ2v) is 8.48. The zero-order valence-electron chi connectivity index (χ0n) is 17.2. The average molecular weight is 458 g/mol. The molecule has 1 atom stereocenters. The molecule has 162 valence electrons. The molecule has 1 N–H and O–H groups in total. The van der Waals surface area contributed by atoms with Crippen molar-refractivity contribution in [2.75, 3.05) is 13.2 Å². The van der Waals surface area contributed by atoms with Crippen LogP contribution in [0.2, 0.25) is 0 Å². The zero-order chi connectivity index (χ0) is 22.4. The van der Waals surface area contributed by atoms with Gasteiger partial charge in [-0.05, 0) is 49.6 Å². The van der Waals surface area contributed by atoms with Crippen LogP contribution >= 0.6 is 24.0 Å². The van der Waals surface area contributed by atoms with Crippen LogP contribution in [-0.2, 0) is 16.0 Å². The first-order valence-corrected chi connectivity index (χ1v) is 11.1. The highest BCUT2D eigenvalue weighted by molar-refractivity contribution is 8.26. The van der Waals surface area contributed by atoms with E-state index in [2.05, 4.69) is 0 Å². The van der Waals surface area contributed by atoms with Crippen LogP contribution in [0.15, 0.2) is 53.4 Å². The third-order valence-corrected chi connectivity index (χ3v) is 5.94. The summed E-state index contributed by atoms with van der Waals surface area (Å²) in [5.74, 6) is -0.428. The Bertz CT molecular complexity index is 1010. The monoisotopic (exact) mass is 457 g/mol. The molecule has 1 fully saturated rings. The van der Waals surface area contributed by atoms with Crippen molar-refractivity contribution in [1.82, 2.24) is 4.90 Å². The number of carboxylic acid groups (broad SMARTS) is 1. The summed E-state index contributed by atoms with van der Waals surface area (Å²) in [5, 5.41) is 9.07. The zero-order valence-corrected chi connectivity index (χ0v) is 18.9. The topological polar surface area (TPSA) is 76.1 Å². The number of hydrogen-bond acceptors (Lipinski definition) is 6. The predicted octanol–water partition coefficient (Wildman–Crippen LogP) is 4.38. The number of carbonyl (C=O) groups is 2. The smallest absolute Gasteiger partial charge is 0.344 e. The molecule has 6 nitrogen and oxygen atoms in total. The second kappa shape index (κ2) is 10.5. The van der Waals surface area contributed by atoms with Crippen molar-refractivity contribution in [2.24, 2.45) is 0 Å². The molecule has 2 aromatic carbocycles. The number of thiocarbonyl (C=S) groups is 1. The maximum atomic E-state index is 12.9. The van der Waals surface area contributed by atoms with Crippen LogP contribution in [0.3, 0.4) is 0 Å². The largest absolute Gasteiger partial charge is 0.490 e. The van der Waals surface area contributed by atoms with Crippen molar-refractivity contribution in [3.63, 3.8) is 0 Å². The highest BCUT2D eigenvalue weighted by Gasteiger charge is 2.31. The van der Waals surface area contributed by atoms with E-state index in [9.17, 15) is 9.59 Å². The van der Waals surface area contributed by atoms with Crippen LogP contribution in [0.5, 0.6) is 11.5 Å². The van der Waals surface area contributed by atoms with Crippen molar-refractivity contribution >= 4 is 46.3 Å². The van der Waals surface area contributed by atoms with Gasteiger partial charge in [0.2, 0.25) is 0 Å². The Morgan fingerprint density at radius 1 is 1.23 bits per heavy atom. The van der Waals surface area contributed by atoms with Gasteiger partial charge >= 0.3 is 5.97 Å². The lowest BCUT2D eigenvalue weighted by molar-refractivity contribution is -0.144. The number of amides is 1.